The van der Waals surface area contributed by atoms with E-state index in [9.17, 15) is 0 Å². The molecule has 0 aliphatic carbocycles. The average Bonchev–Trinajstić information content (AvgIpc) is 2.26. The van der Waals surface area contributed by atoms with Crippen molar-refractivity contribution in [2.45, 2.75) is 26.3 Å². The van der Waals surface area contributed by atoms with Gasteiger partial charge in [-0.2, -0.15) is 0 Å². The highest BCUT2D eigenvalue weighted by molar-refractivity contribution is 6.39. The molecule has 0 heterocycles. The molecule has 0 atom stereocenters. The van der Waals surface area contributed by atoms with E-state index < -0.39 is 0 Å². The topological polar surface area (TPSA) is 41.3 Å². The number of hydrogen-bond acceptors (Lipinski definition) is 3. The molecule has 0 radical (unpaired) electrons. The van der Waals surface area contributed by atoms with Crippen LogP contribution in [-0.4, -0.2) is 31.1 Å². The molecule has 0 aliphatic heterocycles. The lowest BCUT2D eigenvalue weighted by atomic mass is 10.2. The smallest absolute Gasteiger partial charge is 0.0720 e. The van der Waals surface area contributed by atoms with Crippen LogP contribution in [0, 0.1) is 0 Å². The lowest BCUT2D eigenvalue weighted by molar-refractivity contribution is 0.273. The summed E-state index contributed by atoms with van der Waals surface area (Å²) < 4.78 is 0. The third-order valence-corrected chi connectivity index (χ3v) is 3.53. The average molecular weight is 290 g/mol. The van der Waals surface area contributed by atoms with E-state index in [1.165, 1.54) is 0 Å². The van der Waals surface area contributed by atoms with Crippen molar-refractivity contribution in [2.24, 2.45) is 0 Å². The van der Waals surface area contributed by atoms with E-state index in [4.69, 9.17) is 28.9 Å². The van der Waals surface area contributed by atoms with Crippen LogP contribution < -0.4 is 11.1 Å². The molecule has 18 heavy (non-hydrogen) atoms. The minimum absolute atomic E-state index is 0.564. The molecule has 0 aromatic heterocycles. The summed E-state index contributed by atoms with van der Waals surface area (Å²) >= 11 is 12.2. The number of nitrogens with two attached hydrogens (primary N) is 1. The predicted molar refractivity (Wildman–Crippen MR) is 81.7 cm³/mol. The van der Waals surface area contributed by atoms with E-state index in [1.807, 2.05) is 0 Å². The van der Waals surface area contributed by atoms with Gasteiger partial charge in [-0.25, -0.2) is 0 Å². The van der Waals surface area contributed by atoms with Gasteiger partial charge in [0.1, 0.15) is 0 Å². The highest BCUT2D eigenvalue weighted by Crippen LogP contribution is 2.32. The fraction of sp³-hybridized carbons (Fsp3) is 0.538. The monoisotopic (exact) mass is 289 g/mol. The van der Waals surface area contributed by atoms with Crippen LogP contribution in [0.2, 0.25) is 10.0 Å². The molecule has 1 aromatic rings. The fourth-order valence-corrected chi connectivity index (χ4v) is 2.20. The zero-order valence-electron chi connectivity index (χ0n) is 11.1. The Morgan fingerprint density at radius 2 is 1.83 bits per heavy atom. The predicted octanol–water partition coefficient (Wildman–Crippen LogP) is 3.72. The molecule has 0 amide bonds. The molecule has 0 unspecified atom stereocenters. The second kappa shape index (κ2) is 7.07. The third kappa shape index (κ3) is 4.56. The van der Waals surface area contributed by atoms with E-state index in [-0.39, 0.29) is 0 Å². The second-order valence-electron chi connectivity index (χ2n) is 4.71. The first-order chi connectivity index (χ1) is 8.41. The quantitative estimate of drug-likeness (QED) is 0.620. The van der Waals surface area contributed by atoms with E-state index in [2.05, 4.69) is 31.1 Å². The Kier molecular flexibility index (Phi) is 6.06. The van der Waals surface area contributed by atoms with Gasteiger partial charge in [-0.3, -0.25) is 0 Å². The van der Waals surface area contributed by atoms with Gasteiger partial charge in [0.05, 0.1) is 15.7 Å². The number of nitrogens with zero attached hydrogens (tertiary/aromatic N) is 1. The van der Waals surface area contributed by atoms with Crippen molar-refractivity contribution in [1.82, 2.24) is 4.90 Å². The minimum Gasteiger partial charge on any atom is -0.399 e. The maximum Gasteiger partial charge on any atom is 0.0720 e. The first kappa shape index (κ1) is 15.4. The van der Waals surface area contributed by atoms with Crippen LogP contribution in [0.3, 0.4) is 0 Å². The Bertz CT molecular complexity index is 371. The zero-order valence-corrected chi connectivity index (χ0v) is 12.6. The molecule has 0 bridgehead atoms. The summed E-state index contributed by atoms with van der Waals surface area (Å²) in [4.78, 5) is 2.30. The molecule has 5 heteroatoms. The van der Waals surface area contributed by atoms with Crippen LogP contribution in [0.15, 0.2) is 12.1 Å². The molecule has 0 saturated carbocycles. The van der Waals surface area contributed by atoms with Gasteiger partial charge in [0.2, 0.25) is 0 Å². The van der Waals surface area contributed by atoms with Crippen LogP contribution in [0.25, 0.3) is 0 Å². The molecule has 3 N–H and O–H groups in total. The minimum atomic E-state index is 0.564. The normalized spacial score (nSPS) is 11.3. The molecule has 1 rings (SSSR count). The fourth-order valence-electron chi connectivity index (χ4n) is 1.56. The van der Waals surface area contributed by atoms with Crippen LogP contribution in [0.4, 0.5) is 11.4 Å². The summed E-state index contributed by atoms with van der Waals surface area (Å²) in [6, 6.07) is 3.97. The molecule has 102 valence electrons. The number of rotatable bonds is 6. The van der Waals surface area contributed by atoms with E-state index in [0.29, 0.717) is 21.8 Å². The number of anilines is 2. The Morgan fingerprint density at radius 3 is 2.33 bits per heavy atom. The molecule has 1 aromatic carbocycles. The Labute approximate surface area is 119 Å². The number of halogens is 2. The highest BCUT2D eigenvalue weighted by atomic mass is 35.5. The molecule has 0 spiro atoms. The molecule has 0 fully saturated rings. The van der Waals surface area contributed by atoms with Crippen LogP contribution >= 0.6 is 23.2 Å². The summed E-state index contributed by atoms with van der Waals surface area (Å²) in [6.45, 7) is 6.23. The summed E-state index contributed by atoms with van der Waals surface area (Å²) in [5.41, 5.74) is 7.00. The molecular formula is C13H21Cl2N3. The van der Waals surface area contributed by atoms with Crippen molar-refractivity contribution < 1.29 is 0 Å². The lowest BCUT2D eigenvalue weighted by Gasteiger charge is -2.21. The summed E-state index contributed by atoms with van der Waals surface area (Å²) in [5.74, 6) is 0. The highest BCUT2D eigenvalue weighted by Gasteiger charge is 2.07. The Hall–Kier alpha value is -0.640. The van der Waals surface area contributed by atoms with Gasteiger partial charge in [-0.15, -0.1) is 0 Å². The number of nitrogens with one attached hydrogen (secondary N) is 1. The SMILES string of the molecule is CC(C)N(C)CCCNc1c(Cl)cc(N)cc1Cl. The van der Waals surface area contributed by atoms with Crippen molar-refractivity contribution in [3.05, 3.63) is 22.2 Å². The standard InChI is InChI=1S/C13H21Cl2N3/c1-9(2)18(3)6-4-5-17-13-11(14)7-10(16)8-12(13)15/h7-9,17H,4-6,16H2,1-3H3. The second-order valence-corrected chi connectivity index (χ2v) is 5.53. The molecule has 0 aliphatic rings. The summed E-state index contributed by atoms with van der Waals surface area (Å²) in [6.07, 6.45) is 1.03. The van der Waals surface area contributed by atoms with Crippen molar-refractivity contribution in [3.63, 3.8) is 0 Å². The number of hydrogen-bond donors (Lipinski definition) is 2. The Morgan fingerprint density at radius 1 is 1.28 bits per heavy atom. The summed E-state index contributed by atoms with van der Waals surface area (Å²) in [5, 5.41) is 4.39. The number of nitrogen functional groups attached to an aromatic ring is 1. The van der Waals surface area contributed by atoms with Crippen molar-refractivity contribution in [3.8, 4) is 0 Å². The van der Waals surface area contributed by atoms with Gasteiger partial charge < -0.3 is 16.0 Å². The van der Waals surface area contributed by atoms with Crippen molar-refractivity contribution in [2.75, 3.05) is 31.2 Å². The van der Waals surface area contributed by atoms with Gasteiger partial charge in [0.15, 0.2) is 0 Å². The van der Waals surface area contributed by atoms with E-state index in [0.717, 1.165) is 25.2 Å². The van der Waals surface area contributed by atoms with Crippen molar-refractivity contribution >= 4 is 34.6 Å². The lowest BCUT2D eigenvalue weighted by Crippen LogP contribution is -2.28. The summed E-state index contributed by atoms with van der Waals surface area (Å²) in [7, 11) is 2.12. The van der Waals surface area contributed by atoms with Crippen LogP contribution in [0.5, 0.6) is 0 Å². The molecular weight excluding hydrogens is 269 g/mol. The van der Waals surface area contributed by atoms with Gasteiger partial charge in [0, 0.05) is 18.3 Å². The first-order valence-electron chi connectivity index (χ1n) is 6.10. The zero-order chi connectivity index (χ0) is 13.7. The maximum atomic E-state index is 6.09. The largest absolute Gasteiger partial charge is 0.399 e. The third-order valence-electron chi connectivity index (χ3n) is 2.94. The van der Waals surface area contributed by atoms with E-state index >= 15 is 0 Å². The molecule has 3 nitrogen and oxygen atoms in total. The van der Waals surface area contributed by atoms with Crippen LogP contribution in [-0.2, 0) is 0 Å². The van der Waals surface area contributed by atoms with Crippen LogP contribution in [0.1, 0.15) is 20.3 Å². The van der Waals surface area contributed by atoms with Gasteiger partial charge in [-0.1, -0.05) is 23.2 Å². The van der Waals surface area contributed by atoms with Gasteiger partial charge in [-0.05, 0) is 46.0 Å². The number of benzene rings is 1. The molecule has 0 saturated heterocycles. The van der Waals surface area contributed by atoms with Gasteiger partial charge >= 0.3 is 0 Å². The van der Waals surface area contributed by atoms with E-state index in [1.54, 1.807) is 12.1 Å². The Balaban J connectivity index is 2.45. The van der Waals surface area contributed by atoms with Gasteiger partial charge in [0.25, 0.3) is 0 Å². The first-order valence-corrected chi connectivity index (χ1v) is 6.86. The maximum absolute atomic E-state index is 6.09. The van der Waals surface area contributed by atoms with Crippen molar-refractivity contribution in [1.29, 1.82) is 0 Å².